The average Bonchev–Trinajstić information content (AvgIpc) is 2.68. The summed E-state index contributed by atoms with van der Waals surface area (Å²) in [7, 11) is 0. The van der Waals surface area contributed by atoms with E-state index in [0.29, 0.717) is 13.2 Å². The van der Waals surface area contributed by atoms with Crippen molar-refractivity contribution in [2.45, 2.75) is 31.5 Å². The third kappa shape index (κ3) is 4.19. The molecule has 2 aliphatic heterocycles. The zero-order valence-electron chi connectivity index (χ0n) is 15.0. The highest BCUT2D eigenvalue weighted by molar-refractivity contribution is 5.69. The molecule has 2 unspecified atom stereocenters. The lowest BCUT2D eigenvalue weighted by molar-refractivity contribution is -0.0374. The molecule has 1 fully saturated rings. The first-order valence-electron chi connectivity index (χ1n) is 9.20. The zero-order valence-corrected chi connectivity index (χ0v) is 15.0. The van der Waals surface area contributed by atoms with Gasteiger partial charge in [-0.2, -0.15) is 0 Å². The first kappa shape index (κ1) is 17.7. The van der Waals surface area contributed by atoms with Crippen LogP contribution in [0.25, 0.3) is 0 Å². The second-order valence-electron chi connectivity index (χ2n) is 7.04. The van der Waals surface area contributed by atoms with Gasteiger partial charge in [0.25, 0.3) is 0 Å². The molecule has 4 rings (SSSR count). The summed E-state index contributed by atoms with van der Waals surface area (Å²) in [5.41, 5.74) is 3.30. The maximum absolute atomic E-state index is 13.1. The van der Waals surface area contributed by atoms with Crippen molar-refractivity contribution in [1.29, 1.82) is 0 Å². The van der Waals surface area contributed by atoms with E-state index in [2.05, 4.69) is 6.08 Å². The number of hydrogen-bond acceptors (Lipinski definition) is 3. The Labute approximate surface area is 158 Å². The minimum Gasteiger partial charge on any atom is -0.445 e. The second kappa shape index (κ2) is 7.92. The Morgan fingerprint density at radius 3 is 2.59 bits per heavy atom. The van der Waals surface area contributed by atoms with Gasteiger partial charge in [0, 0.05) is 0 Å². The normalized spacial score (nSPS) is 21.5. The summed E-state index contributed by atoms with van der Waals surface area (Å²) in [5, 5.41) is 0. The van der Waals surface area contributed by atoms with Gasteiger partial charge in [-0.05, 0) is 36.1 Å². The van der Waals surface area contributed by atoms with Gasteiger partial charge in [-0.15, -0.1) is 0 Å². The van der Waals surface area contributed by atoms with Crippen LogP contribution in [0.2, 0.25) is 0 Å². The lowest BCUT2D eigenvalue weighted by atomic mass is 9.90. The zero-order chi connectivity index (χ0) is 18.6. The van der Waals surface area contributed by atoms with Crippen molar-refractivity contribution in [3.05, 3.63) is 83.2 Å². The van der Waals surface area contributed by atoms with Gasteiger partial charge in [-0.3, -0.25) is 4.90 Å². The third-order valence-corrected chi connectivity index (χ3v) is 5.04. The van der Waals surface area contributed by atoms with Gasteiger partial charge in [0.2, 0.25) is 0 Å². The highest BCUT2D eigenvalue weighted by Crippen LogP contribution is 2.29. The minimum absolute atomic E-state index is 0.0209. The van der Waals surface area contributed by atoms with Crippen LogP contribution in [-0.4, -0.2) is 36.3 Å². The van der Waals surface area contributed by atoms with Crippen molar-refractivity contribution in [2.24, 2.45) is 0 Å². The number of fused-ring (bicyclic) bond motifs is 2. The van der Waals surface area contributed by atoms with Gasteiger partial charge >= 0.3 is 6.09 Å². The molecular formula is C22H22FNO3. The maximum atomic E-state index is 13.1. The Morgan fingerprint density at radius 2 is 1.85 bits per heavy atom. The molecular weight excluding hydrogens is 345 g/mol. The lowest BCUT2D eigenvalue weighted by Gasteiger charge is -2.43. The standard InChI is InChI=1S/C22H22FNO3/c23-19-8-6-16(7-9-19)10-18-11-20-14-26-15-21(12-18)24(20)22(25)27-13-17-4-2-1-3-5-17/h1-9,11,20-21H,10,12-15H2. The Kier molecular flexibility index (Phi) is 5.21. The molecule has 27 heavy (non-hydrogen) atoms. The van der Waals surface area contributed by atoms with Crippen molar-refractivity contribution in [3.8, 4) is 0 Å². The summed E-state index contributed by atoms with van der Waals surface area (Å²) in [6.45, 7) is 1.25. The molecule has 2 aromatic carbocycles. The number of amides is 1. The lowest BCUT2D eigenvalue weighted by Crippen LogP contribution is -2.56. The van der Waals surface area contributed by atoms with Crippen LogP contribution in [0.3, 0.4) is 0 Å². The molecule has 2 aromatic rings. The Morgan fingerprint density at radius 1 is 1.07 bits per heavy atom. The van der Waals surface area contributed by atoms with E-state index in [1.165, 1.54) is 17.7 Å². The number of carbonyl (C=O) groups is 1. The monoisotopic (exact) mass is 367 g/mol. The van der Waals surface area contributed by atoms with Gasteiger partial charge in [-0.1, -0.05) is 54.1 Å². The van der Waals surface area contributed by atoms with Crippen molar-refractivity contribution in [1.82, 2.24) is 4.90 Å². The summed E-state index contributed by atoms with van der Waals surface area (Å²) in [6, 6.07) is 16.1. The summed E-state index contributed by atoms with van der Waals surface area (Å²) < 4.78 is 24.3. The summed E-state index contributed by atoms with van der Waals surface area (Å²) in [4.78, 5) is 14.5. The largest absolute Gasteiger partial charge is 0.445 e. The fraction of sp³-hybridized carbons (Fsp3) is 0.318. The van der Waals surface area contributed by atoms with Crippen LogP contribution in [-0.2, 0) is 22.5 Å². The van der Waals surface area contributed by atoms with Gasteiger partial charge in [0.05, 0.1) is 25.3 Å². The molecule has 0 aliphatic carbocycles. The molecule has 1 saturated heterocycles. The Balaban J connectivity index is 1.43. The highest BCUT2D eigenvalue weighted by atomic mass is 19.1. The summed E-state index contributed by atoms with van der Waals surface area (Å²) in [6.07, 6.45) is 3.31. The molecule has 0 radical (unpaired) electrons. The van der Waals surface area contributed by atoms with Crippen molar-refractivity contribution >= 4 is 6.09 Å². The van der Waals surface area contributed by atoms with E-state index in [-0.39, 0.29) is 30.6 Å². The summed E-state index contributed by atoms with van der Waals surface area (Å²) >= 11 is 0. The van der Waals surface area contributed by atoms with E-state index in [1.54, 1.807) is 4.90 Å². The van der Waals surface area contributed by atoms with E-state index in [9.17, 15) is 9.18 Å². The SMILES string of the molecule is O=C(OCc1ccccc1)N1C2C=C(Cc3ccc(F)cc3)CC1COC2. The smallest absolute Gasteiger partial charge is 0.411 e. The molecule has 0 saturated carbocycles. The highest BCUT2D eigenvalue weighted by Gasteiger charge is 2.38. The topological polar surface area (TPSA) is 38.8 Å². The number of hydrogen-bond donors (Lipinski definition) is 0. The summed E-state index contributed by atoms with van der Waals surface area (Å²) in [5.74, 6) is -0.228. The van der Waals surface area contributed by atoms with Gasteiger partial charge in [0.15, 0.2) is 0 Å². The van der Waals surface area contributed by atoms with E-state index in [1.807, 2.05) is 42.5 Å². The van der Waals surface area contributed by atoms with Gasteiger partial charge in [0.1, 0.15) is 12.4 Å². The van der Waals surface area contributed by atoms with Crippen LogP contribution in [0.4, 0.5) is 9.18 Å². The number of rotatable bonds is 4. The predicted octanol–water partition coefficient (Wildman–Crippen LogP) is 4.10. The fourth-order valence-corrected chi connectivity index (χ4v) is 3.76. The van der Waals surface area contributed by atoms with Crippen LogP contribution in [0.1, 0.15) is 17.5 Å². The third-order valence-electron chi connectivity index (χ3n) is 5.04. The average molecular weight is 367 g/mol. The molecule has 2 heterocycles. The van der Waals surface area contributed by atoms with Crippen LogP contribution in [0, 0.1) is 5.82 Å². The van der Waals surface area contributed by atoms with Crippen LogP contribution >= 0.6 is 0 Å². The molecule has 5 heteroatoms. The Hall–Kier alpha value is -2.66. The molecule has 140 valence electrons. The second-order valence-corrected chi connectivity index (χ2v) is 7.04. The van der Waals surface area contributed by atoms with Gasteiger partial charge in [-0.25, -0.2) is 9.18 Å². The first-order chi connectivity index (χ1) is 13.2. The number of benzene rings is 2. The molecule has 2 atom stereocenters. The van der Waals surface area contributed by atoms with E-state index < -0.39 is 0 Å². The van der Waals surface area contributed by atoms with E-state index >= 15 is 0 Å². The van der Waals surface area contributed by atoms with Crippen molar-refractivity contribution < 1.29 is 18.7 Å². The minimum atomic E-state index is -0.297. The van der Waals surface area contributed by atoms with E-state index in [0.717, 1.165) is 24.0 Å². The van der Waals surface area contributed by atoms with Crippen molar-refractivity contribution in [3.63, 3.8) is 0 Å². The molecule has 0 N–H and O–H groups in total. The van der Waals surface area contributed by atoms with Crippen LogP contribution in [0.5, 0.6) is 0 Å². The van der Waals surface area contributed by atoms with Crippen LogP contribution < -0.4 is 0 Å². The predicted molar refractivity (Wildman–Crippen MR) is 99.7 cm³/mol. The molecule has 0 spiro atoms. The molecule has 4 nitrogen and oxygen atoms in total. The molecule has 2 aliphatic rings. The number of morpholine rings is 1. The number of ether oxygens (including phenoxy) is 2. The van der Waals surface area contributed by atoms with Crippen LogP contribution in [0.15, 0.2) is 66.2 Å². The quantitative estimate of drug-likeness (QED) is 0.764. The van der Waals surface area contributed by atoms with Gasteiger partial charge < -0.3 is 9.47 Å². The fourth-order valence-electron chi connectivity index (χ4n) is 3.76. The number of nitrogens with zero attached hydrogens (tertiary/aromatic N) is 1. The Bertz CT molecular complexity index is 819. The van der Waals surface area contributed by atoms with E-state index in [4.69, 9.17) is 9.47 Å². The first-order valence-corrected chi connectivity index (χ1v) is 9.20. The molecule has 2 bridgehead atoms. The molecule has 0 aromatic heterocycles. The molecule has 1 amide bonds. The van der Waals surface area contributed by atoms with Crippen molar-refractivity contribution in [2.75, 3.05) is 13.2 Å². The maximum Gasteiger partial charge on any atom is 0.411 e. The number of carbonyl (C=O) groups excluding carboxylic acids is 1. The number of halogens is 1.